The van der Waals surface area contributed by atoms with Gasteiger partial charge in [0.15, 0.2) is 5.65 Å². The number of aryl methyl sites for hydroxylation is 1. The van der Waals surface area contributed by atoms with E-state index in [2.05, 4.69) is 15.4 Å². The van der Waals surface area contributed by atoms with Crippen LogP contribution in [0.2, 0.25) is 0 Å². The Labute approximate surface area is 168 Å². The lowest BCUT2D eigenvalue weighted by Gasteiger charge is -2.11. The third-order valence-corrected chi connectivity index (χ3v) is 4.77. The molecule has 30 heavy (non-hydrogen) atoms. The van der Waals surface area contributed by atoms with Gasteiger partial charge in [-0.15, -0.1) is 0 Å². The van der Waals surface area contributed by atoms with Gasteiger partial charge in [-0.05, 0) is 37.3 Å². The molecule has 0 aliphatic rings. The maximum absolute atomic E-state index is 12.9. The summed E-state index contributed by atoms with van der Waals surface area (Å²) in [5.41, 5.74) is 0.733. The highest BCUT2D eigenvalue weighted by Gasteiger charge is 2.31. The van der Waals surface area contributed by atoms with E-state index >= 15 is 0 Å². The number of aliphatic hydroxyl groups is 1. The quantitative estimate of drug-likeness (QED) is 0.535. The highest BCUT2D eigenvalue weighted by atomic mass is 19.4. The number of carbonyl (C=O) groups excluding carboxylic acids is 1. The van der Waals surface area contributed by atoms with Crippen LogP contribution in [0.25, 0.3) is 27.8 Å². The Hall–Kier alpha value is -3.40. The van der Waals surface area contributed by atoms with Crippen molar-refractivity contribution in [1.82, 2.24) is 24.6 Å². The third-order valence-electron chi connectivity index (χ3n) is 4.77. The molecule has 3 aromatic heterocycles. The van der Waals surface area contributed by atoms with Gasteiger partial charge in [0.1, 0.15) is 5.82 Å². The van der Waals surface area contributed by atoms with Gasteiger partial charge in [-0.3, -0.25) is 14.0 Å². The van der Waals surface area contributed by atoms with Crippen molar-refractivity contribution in [2.45, 2.75) is 19.1 Å². The summed E-state index contributed by atoms with van der Waals surface area (Å²) >= 11 is 0. The number of pyridine rings is 1. The Morgan fingerprint density at radius 1 is 1.23 bits per heavy atom. The van der Waals surface area contributed by atoms with Gasteiger partial charge in [-0.1, -0.05) is 0 Å². The van der Waals surface area contributed by atoms with Gasteiger partial charge in [-0.25, -0.2) is 4.98 Å². The van der Waals surface area contributed by atoms with Gasteiger partial charge < -0.3 is 10.4 Å². The smallest absolute Gasteiger partial charge is 0.394 e. The summed E-state index contributed by atoms with van der Waals surface area (Å²) in [4.78, 5) is 16.4. The van der Waals surface area contributed by atoms with E-state index in [9.17, 15) is 18.0 Å². The number of aliphatic hydroxyl groups excluding tert-OH is 1. The monoisotopic (exact) mass is 417 g/mol. The number of carbonyl (C=O) groups is 1. The van der Waals surface area contributed by atoms with Crippen LogP contribution in [0, 0.1) is 0 Å². The largest absolute Gasteiger partial charge is 0.417 e. The molecule has 0 spiro atoms. The lowest BCUT2D eigenvalue weighted by atomic mass is 10.1. The van der Waals surface area contributed by atoms with E-state index in [1.165, 1.54) is 6.07 Å². The van der Waals surface area contributed by atoms with E-state index < -0.39 is 17.8 Å². The molecule has 7 nitrogen and oxygen atoms in total. The van der Waals surface area contributed by atoms with Gasteiger partial charge in [0, 0.05) is 41.8 Å². The normalized spacial score (nSPS) is 13.1. The van der Waals surface area contributed by atoms with E-state index in [1.54, 1.807) is 47.6 Å². The molecule has 1 amide bonds. The molecule has 0 unspecified atom stereocenters. The number of fused-ring (bicyclic) bond motifs is 3. The maximum Gasteiger partial charge on any atom is 0.417 e. The maximum atomic E-state index is 12.9. The van der Waals surface area contributed by atoms with Crippen LogP contribution >= 0.6 is 0 Å². The van der Waals surface area contributed by atoms with E-state index in [1.807, 2.05) is 0 Å². The zero-order valence-electron chi connectivity index (χ0n) is 16.1. The van der Waals surface area contributed by atoms with Crippen LogP contribution in [0.15, 0.2) is 42.7 Å². The molecule has 3 heterocycles. The second-order valence-electron chi connectivity index (χ2n) is 7.07. The van der Waals surface area contributed by atoms with Gasteiger partial charge >= 0.3 is 6.18 Å². The van der Waals surface area contributed by atoms with Crippen molar-refractivity contribution in [3.05, 3.63) is 53.9 Å². The third kappa shape index (κ3) is 3.39. The van der Waals surface area contributed by atoms with E-state index in [4.69, 9.17) is 5.11 Å². The van der Waals surface area contributed by atoms with Crippen LogP contribution in [-0.2, 0) is 13.2 Å². The van der Waals surface area contributed by atoms with Crippen LogP contribution in [-0.4, -0.2) is 43.0 Å². The number of benzene rings is 1. The molecule has 0 fully saturated rings. The topological polar surface area (TPSA) is 85.0 Å². The van der Waals surface area contributed by atoms with Crippen molar-refractivity contribution in [2.75, 3.05) is 6.61 Å². The van der Waals surface area contributed by atoms with Crippen LogP contribution in [0.4, 0.5) is 13.2 Å². The van der Waals surface area contributed by atoms with Crippen molar-refractivity contribution in [2.24, 2.45) is 7.05 Å². The number of halogens is 3. The van der Waals surface area contributed by atoms with Crippen LogP contribution in [0.1, 0.15) is 22.8 Å². The highest BCUT2D eigenvalue weighted by molar-refractivity contribution is 6.10. The lowest BCUT2D eigenvalue weighted by molar-refractivity contribution is -0.137. The van der Waals surface area contributed by atoms with Crippen molar-refractivity contribution in [1.29, 1.82) is 0 Å². The number of rotatable bonds is 4. The molecule has 2 N–H and O–H groups in total. The summed E-state index contributed by atoms with van der Waals surface area (Å²) in [6.07, 6.45) is -1.91. The van der Waals surface area contributed by atoms with Crippen molar-refractivity contribution >= 4 is 27.8 Å². The number of nitrogens with zero attached hydrogens (tertiary/aromatic N) is 4. The Balaban J connectivity index is 1.86. The fourth-order valence-corrected chi connectivity index (χ4v) is 3.30. The average molecular weight is 417 g/mol. The molecule has 4 aromatic rings. The number of hydrogen-bond acceptors (Lipinski definition) is 4. The zero-order valence-corrected chi connectivity index (χ0v) is 16.1. The molecule has 0 aliphatic heterocycles. The standard InChI is InChI=1S/C20H18F3N5O2/c1-11(10-29)25-19(30)12-3-5-16-14(7-12)15-9-27(2)26-18(15)28(16)17-6-4-13(8-24-17)20(21,22)23/h3-9,11,29H,10H2,1-2H3,(H,25,30)/t11-/m1/s1. The van der Waals surface area contributed by atoms with Crippen molar-refractivity contribution < 1.29 is 23.1 Å². The van der Waals surface area contributed by atoms with Gasteiger partial charge in [0.2, 0.25) is 0 Å². The number of alkyl halides is 3. The minimum atomic E-state index is -4.47. The number of aromatic nitrogens is 4. The molecule has 156 valence electrons. The molecule has 0 bridgehead atoms. The van der Waals surface area contributed by atoms with E-state index in [0.717, 1.165) is 17.6 Å². The number of amides is 1. The molecular weight excluding hydrogens is 399 g/mol. The molecule has 1 aromatic carbocycles. The van der Waals surface area contributed by atoms with Gasteiger partial charge in [-0.2, -0.15) is 18.3 Å². The summed E-state index contributed by atoms with van der Waals surface area (Å²) in [5.74, 6) is -0.0521. The second kappa shape index (κ2) is 7.13. The van der Waals surface area contributed by atoms with Crippen LogP contribution < -0.4 is 5.32 Å². The van der Waals surface area contributed by atoms with Crippen LogP contribution in [0.3, 0.4) is 0 Å². The first-order valence-corrected chi connectivity index (χ1v) is 9.12. The summed E-state index contributed by atoms with van der Waals surface area (Å²) < 4.78 is 41.9. The molecule has 10 heteroatoms. The summed E-state index contributed by atoms with van der Waals surface area (Å²) in [7, 11) is 1.73. The van der Waals surface area contributed by atoms with Gasteiger partial charge in [0.05, 0.1) is 17.7 Å². The van der Waals surface area contributed by atoms with Crippen LogP contribution in [0.5, 0.6) is 0 Å². The van der Waals surface area contributed by atoms with Gasteiger partial charge in [0.25, 0.3) is 5.91 Å². The minimum Gasteiger partial charge on any atom is -0.394 e. The Morgan fingerprint density at radius 3 is 2.63 bits per heavy atom. The highest BCUT2D eigenvalue weighted by Crippen LogP contribution is 2.33. The van der Waals surface area contributed by atoms with E-state index in [0.29, 0.717) is 22.1 Å². The van der Waals surface area contributed by atoms with Crippen molar-refractivity contribution in [3.8, 4) is 5.82 Å². The first kappa shape index (κ1) is 19.9. The lowest BCUT2D eigenvalue weighted by Crippen LogP contribution is -2.34. The molecule has 0 saturated heterocycles. The average Bonchev–Trinajstić information content (AvgIpc) is 3.21. The fraction of sp³-hybridized carbons (Fsp3) is 0.250. The SMILES string of the molecule is C[C@H](CO)NC(=O)c1ccc2c(c1)c1cn(C)nc1n2-c1ccc(C(F)(F)F)cn1. The zero-order chi connectivity index (χ0) is 21.6. The summed E-state index contributed by atoms with van der Waals surface area (Å²) in [6.45, 7) is 1.50. The second-order valence-corrected chi connectivity index (χ2v) is 7.07. The molecular formula is C20H18F3N5O2. The Kier molecular flexibility index (Phi) is 4.73. The molecule has 0 aliphatic carbocycles. The van der Waals surface area contributed by atoms with Crippen molar-refractivity contribution in [3.63, 3.8) is 0 Å². The first-order valence-electron chi connectivity index (χ1n) is 9.12. The predicted molar refractivity (Wildman–Crippen MR) is 104 cm³/mol. The molecule has 0 radical (unpaired) electrons. The summed E-state index contributed by atoms with van der Waals surface area (Å²) in [5, 5.41) is 17.7. The fourth-order valence-electron chi connectivity index (χ4n) is 3.30. The molecule has 4 rings (SSSR count). The predicted octanol–water partition coefficient (Wildman–Crippen LogP) is 3.04. The molecule has 0 saturated carbocycles. The minimum absolute atomic E-state index is 0.184. The summed E-state index contributed by atoms with van der Waals surface area (Å²) in [6, 6.07) is 6.88. The number of hydrogen-bond donors (Lipinski definition) is 2. The number of nitrogens with one attached hydrogen (secondary N) is 1. The first-order chi connectivity index (χ1) is 14.2. The van der Waals surface area contributed by atoms with E-state index in [-0.39, 0.29) is 18.3 Å². The molecule has 1 atom stereocenters. The Bertz CT molecular complexity index is 1240. The Morgan fingerprint density at radius 2 is 2.00 bits per heavy atom.